The Labute approximate surface area is 135 Å². The third-order valence-electron chi connectivity index (χ3n) is 3.49. The van der Waals surface area contributed by atoms with E-state index in [9.17, 15) is 4.79 Å². The van der Waals surface area contributed by atoms with Gasteiger partial charge in [-0.1, -0.05) is 25.5 Å². The first-order chi connectivity index (χ1) is 11.2. The van der Waals surface area contributed by atoms with Gasteiger partial charge >= 0.3 is 0 Å². The van der Waals surface area contributed by atoms with Crippen molar-refractivity contribution in [2.75, 3.05) is 18.7 Å². The Kier molecular flexibility index (Phi) is 4.66. The molecular weight excluding hydrogens is 294 g/mol. The molecule has 120 valence electrons. The van der Waals surface area contributed by atoms with Gasteiger partial charge in [-0.3, -0.25) is 4.79 Å². The standard InChI is InChI=1S/C18H19NO4/c1-2-3-13-4-6-14(7-5-13)19-18(20)11-21-15-8-9-16-17(10-15)23-12-22-16/h4-10H,2-3,11-12H2,1H3,(H,19,20). The molecule has 0 aliphatic carbocycles. The third kappa shape index (κ3) is 3.94. The zero-order valence-corrected chi connectivity index (χ0v) is 13.0. The van der Waals surface area contributed by atoms with Crippen LogP contribution in [0.15, 0.2) is 42.5 Å². The van der Waals surface area contributed by atoms with Gasteiger partial charge in [0.2, 0.25) is 6.79 Å². The van der Waals surface area contributed by atoms with Gasteiger partial charge < -0.3 is 19.5 Å². The number of carbonyl (C=O) groups excluding carboxylic acids is 1. The van der Waals surface area contributed by atoms with Gasteiger partial charge in [0.05, 0.1) is 0 Å². The van der Waals surface area contributed by atoms with Crippen LogP contribution in [0.25, 0.3) is 0 Å². The van der Waals surface area contributed by atoms with E-state index in [4.69, 9.17) is 14.2 Å². The van der Waals surface area contributed by atoms with Gasteiger partial charge in [-0.2, -0.15) is 0 Å². The first kappa shape index (κ1) is 15.2. The molecule has 0 bridgehead atoms. The van der Waals surface area contributed by atoms with Crippen molar-refractivity contribution in [2.24, 2.45) is 0 Å². The molecule has 0 saturated carbocycles. The molecule has 1 heterocycles. The predicted molar refractivity (Wildman–Crippen MR) is 87.1 cm³/mol. The normalized spacial score (nSPS) is 12.0. The van der Waals surface area contributed by atoms with E-state index in [0.717, 1.165) is 18.5 Å². The molecular formula is C18H19NO4. The molecule has 0 aromatic heterocycles. The van der Waals surface area contributed by atoms with E-state index >= 15 is 0 Å². The van der Waals surface area contributed by atoms with Crippen LogP contribution in [0.2, 0.25) is 0 Å². The zero-order valence-electron chi connectivity index (χ0n) is 13.0. The summed E-state index contributed by atoms with van der Waals surface area (Å²) >= 11 is 0. The summed E-state index contributed by atoms with van der Waals surface area (Å²) in [5.74, 6) is 1.69. The van der Waals surface area contributed by atoms with Crippen molar-refractivity contribution in [1.29, 1.82) is 0 Å². The van der Waals surface area contributed by atoms with Crippen LogP contribution in [0.4, 0.5) is 5.69 Å². The molecule has 1 N–H and O–H groups in total. The Balaban J connectivity index is 1.51. The average Bonchev–Trinajstić information content (AvgIpc) is 3.03. The fourth-order valence-corrected chi connectivity index (χ4v) is 2.36. The second-order valence-corrected chi connectivity index (χ2v) is 5.30. The Hall–Kier alpha value is -2.69. The summed E-state index contributed by atoms with van der Waals surface area (Å²) in [5, 5.41) is 2.81. The predicted octanol–water partition coefficient (Wildman–Crippen LogP) is 3.39. The molecule has 2 aromatic rings. The number of anilines is 1. The number of aryl methyl sites for hydroxylation is 1. The number of hydrogen-bond acceptors (Lipinski definition) is 4. The van der Waals surface area contributed by atoms with Crippen molar-refractivity contribution in [1.82, 2.24) is 0 Å². The Morgan fingerprint density at radius 3 is 2.70 bits per heavy atom. The highest BCUT2D eigenvalue weighted by atomic mass is 16.7. The van der Waals surface area contributed by atoms with Crippen LogP contribution >= 0.6 is 0 Å². The van der Waals surface area contributed by atoms with Crippen LogP contribution in [0.3, 0.4) is 0 Å². The summed E-state index contributed by atoms with van der Waals surface area (Å²) in [6, 6.07) is 13.1. The lowest BCUT2D eigenvalue weighted by Gasteiger charge is -2.08. The molecule has 2 aromatic carbocycles. The maximum atomic E-state index is 11.9. The van der Waals surface area contributed by atoms with Crippen LogP contribution in [0.5, 0.6) is 17.2 Å². The van der Waals surface area contributed by atoms with E-state index in [0.29, 0.717) is 17.2 Å². The van der Waals surface area contributed by atoms with Gasteiger partial charge in [-0.25, -0.2) is 0 Å². The lowest BCUT2D eigenvalue weighted by Crippen LogP contribution is -2.20. The number of amides is 1. The van der Waals surface area contributed by atoms with E-state index in [1.54, 1.807) is 18.2 Å². The molecule has 0 spiro atoms. The van der Waals surface area contributed by atoms with Gasteiger partial charge in [0.25, 0.3) is 5.91 Å². The number of nitrogens with one attached hydrogen (secondary N) is 1. The van der Waals surface area contributed by atoms with Crippen molar-refractivity contribution in [3.05, 3.63) is 48.0 Å². The average molecular weight is 313 g/mol. The Bertz CT molecular complexity index is 682. The SMILES string of the molecule is CCCc1ccc(NC(=O)COc2ccc3c(c2)OCO3)cc1. The lowest BCUT2D eigenvalue weighted by atomic mass is 10.1. The van der Waals surface area contributed by atoms with Crippen LogP contribution in [-0.2, 0) is 11.2 Å². The molecule has 5 heteroatoms. The fraction of sp³-hybridized carbons (Fsp3) is 0.278. The van der Waals surface area contributed by atoms with E-state index in [1.165, 1.54) is 5.56 Å². The summed E-state index contributed by atoms with van der Waals surface area (Å²) in [4.78, 5) is 11.9. The molecule has 1 amide bonds. The van der Waals surface area contributed by atoms with E-state index in [1.807, 2.05) is 24.3 Å². The maximum absolute atomic E-state index is 11.9. The first-order valence-electron chi connectivity index (χ1n) is 7.66. The van der Waals surface area contributed by atoms with Crippen molar-refractivity contribution >= 4 is 11.6 Å². The summed E-state index contributed by atoms with van der Waals surface area (Å²) in [5.41, 5.74) is 2.03. The van der Waals surface area contributed by atoms with Gasteiger partial charge in [-0.15, -0.1) is 0 Å². The highest BCUT2D eigenvalue weighted by molar-refractivity contribution is 5.91. The lowest BCUT2D eigenvalue weighted by molar-refractivity contribution is -0.118. The minimum absolute atomic E-state index is 0.0592. The van der Waals surface area contributed by atoms with Crippen molar-refractivity contribution in [3.63, 3.8) is 0 Å². The highest BCUT2D eigenvalue weighted by Crippen LogP contribution is 2.35. The molecule has 23 heavy (non-hydrogen) atoms. The first-order valence-corrected chi connectivity index (χ1v) is 7.66. The third-order valence-corrected chi connectivity index (χ3v) is 3.49. The topological polar surface area (TPSA) is 56.8 Å². The van der Waals surface area contributed by atoms with Gasteiger partial charge in [0.15, 0.2) is 18.1 Å². The molecule has 1 aliphatic heterocycles. The molecule has 0 saturated heterocycles. The maximum Gasteiger partial charge on any atom is 0.262 e. The second-order valence-electron chi connectivity index (χ2n) is 5.30. The van der Waals surface area contributed by atoms with Crippen LogP contribution in [-0.4, -0.2) is 19.3 Å². The zero-order chi connectivity index (χ0) is 16.1. The van der Waals surface area contributed by atoms with E-state index in [2.05, 4.69) is 12.2 Å². The molecule has 0 fully saturated rings. The van der Waals surface area contributed by atoms with E-state index in [-0.39, 0.29) is 19.3 Å². The molecule has 5 nitrogen and oxygen atoms in total. The monoisotopic (exact) mass is 313 g/mol. The quantitative estimate of drug-likeness (QED) is 0.888. The van der Waals surface area contributed by atoms with Crippen LogP contribution in [0.1, 0.15) is 18.9 Å². The minimum atomic E-state index is -0.203. The van der Waals surface area contributed by atoms with Crippen molar-refractivity contribution in [3.8, 4) is 17.2 Å². The van der Waals surface area contributed by atoms with Gasteiger partial charge in [0, 0.05) is 11.8 Å². The molecule has 1 aliphatic rings. The Morgan fingerprint density at radius 1 is 1.13 bits per heavy atom. The van der Waals surface area contributed by atoms with Crippen molar-refractivity contribution < 1.29 is 19.0 Å². The summed E-state index contributed by atoms with van der Waals surface area (Å²) in [7, 11) is 0. The number of fused-ring (bicyclic) bond motifs is 1. The number of hydrogen-bond donors (Lipinski definition) is 1. The number of rotatable bonds is 6. The number of benzene rings is 2. The fourth-order valence-electron chi connectivity index (χ4n) is 2.36. The summed E-state index contributed by atoms with van der Waals surface area (Å²) in [6.45, 7) is 2.30. The van der Waals surface area contributed by atoms with Gasteiger partial charge in [0.1, 0.15) is 5.75 Å². The molecule has 0 atom stereocenters. The molecule has 0 radical (unpaired) electrons. The number of carbonyl (C=O) groups is 1. The summed E-state index contributed by atoms with van der Waals surface area (Å²) in [6.07, 6.45) is 2.15. The van der Waals surface area contributed by atoms with Crippen LogP contribution in [0, 0.1) is 0 Å². The van der Waals surface area contributed by atoms with E-state index < -0.39 is 0 Å². The second kappa shape index (κ2) is 7.05. The van der Waals surface area contributed by atoms with Gasteiger partial charge in [-0.05, 0) is 36.2 Å². The minimum Gasteiger partial charge on any atom is -0.484 e. The number of ether oxygens (including phenoxy) is 3. The Morgan fingerprint density at radius 2 is 1.91 bits per heavy atom. The largest absolute Gasteiger partial charge is 0.484 e. The van der Waals surface area contributed by atoms with Crippen LogP contribution < -0.4 is 19.5 Å². The molecule has 3 rings (SSSR count). The smallest absolute Gasteiger partial charge is 0.262 e. The van der Waals surface area contributed by atoms with Crippen molar-refractivity contribution in [2.45, 2.75) is 19.8 Å². The molecule has 0 unspecified atom stereocenters. The highest BCUT2D eigenvalue weighted by Gasteiger charge is 2.14. The summed E-state index contributed by atoms with van der Waals surface area (Å²) < 4.78 is 16.0.